The number of quaternary nitrogens is 1. The largest absolute Gasteiger partial charge is 0.297 e. The monoisotopic (exact) mass is 277 g/mol. The number of nitrogens with zero attached hydrogens (tertiary/aromatic N) is 6. The van der Waals surface area contributed by atoms with Gasteiger partial charge in [-0.1, -0.05) is 0 Å². The number of hydrogen-bond donors (Lipinski definition) is 0. The second-order valence-corrected chi connectivity index (χ2v) is 7.06. The minimum Gasteiger partial charge on any atom is -0.297 e. The standard InChI is InChI=1S/C12H17N6S/c1-2-19-12-13-11(3-17(1)12)4-18-8-14-5-15(9-18)7-16(6-14)10-18/h1-3H,4-10H2/q+1. The molecule has 0 amide bonds. The minimum absolute atomic E-state index is 1.05. The van der Waals surface area contributed by atoms with Crippen LogP contribution >= 0.6 is 11.3 Å². The zero-order valence-electron chi connectivity index (χ0n) is 10.8. The first-order valence-corrected chi connectivity index (χ1v) is 7.59. The van der Waals surface area contributed by atoms with E-state index in [0.29, 0.717) is 0 Å². The van der Waals surface area contributed by atoms with Gasteiger partial charge >= 0.3 is 0 Å². The van der Waals surface area contributed by atoms with Gasteiger partial charge in [-0.15, -0.1) is 11.3 Å². The Balaban J connectivity index is 1.47. The average Bonchev–Trinajstić information content (AvgIpc) is 2.86. The molecule has 100 valence electrons. The van der Waals surface area contributed by atoms with Crippen LogP contribution in [0.2, 0.25) is 0 Å². The molecule has 6 nitrogen and oxygen atoms in total. The Labute approximate surface area is 115 Å². The smallest absolute Gasteiger partial charge is 0.194 e. The fourth-order valence-corrected chi connectivity index (χ4v) is 4.72. The Morgan fingerprint density at radius 1 is 1.11 bits per heavy atom. The van der Waals surface area contributed by atoms with E-state index < -0.39 is 0 Å². The molecule has 19 heavy (non-hydrogen) atoms. The third kappa shape index (κ3) is 1.60. The number of aromatic nitrogens is 2. The summed E-state index contributed by atoms with van der Waals surface area (Å²) in [5.74, 6) is 0. The van der Waals surface area contributed by atoms with Gasteiger partial charge in [0.05, 0.1) is 20.0 Å². The minimum atomic E-state index is 1.05. The summed E-state index contributed by atoms with van der Waals surface area (Å²) in [6.45, 7) is 8.03. The van der Waals surface area contributed by atoms with Crippen molar-refractivity contribution in [3.63, 3.8) is 0 Å². The highest BCUT2D eigenvalue weighted by molar-refractivity contribution is 7.15. The molecular weight excluding hydrogens is 260 g/mol. The van der Waals surface area contributed by atoms with Gasteiger partial charge in [-0.25, -0.2) is 19.7 Å². The molecule has 6 heterocycles. The van der Waals surface area contributed by atoms with Crippen LogP contribution in [0.4, 0.5) is 0 Å². The summed E-state index contributed by atoms with van der Waals surface area (Å²) in [6, 6.07) is 0. The molecule has 0 spiro atoms. The number of imidazole rings is 1. The second kappa shape index (κ2) is 3.56. The molecule has 6 rings (SSSR count). The van der Waals surface area contributed by atoms with E-state index in [1.54, 1.807) is 11.3 Å². The van der Waals surface area contributed by atoms with Gasteiger partial charge in [0.1, 0.15) is 32.2 Å². The van der Waals surface area contributed by atoms with Crippen LogP contribution in [0.5, 0.6) is 0 Å². The summed E-state index contributed by atoms with van der Waals surface area (Å²) in [7, 11) is 0. The van der Waals surface area contributed by atoms with Crippen LogP contribution in [-0.4, -0.2) is 68.6 Å². The van der Waals surface area contributed by atoms with Gasteiger partial charge in [0, 0.05) is 17.8 Å². The molecule has 7 heteroatoms. The van der Waals surface area contributed by atoms with Crippen molar-refractivity contribution in [3.05, 3.63) is 23.5 Å². The van der Waals surface area contributed by atoms with Crippen LogP contribution in [-0.2, 0) is 6.54 Å². The van der Waals surface area contributed by atoms with E-state index >= 15 is 0 Å². The van der Waals surface area contributed by atoms with E-state index in [1.165, 1.54) is 25.7 Å². The van der Waals surface area contributed by atoms with Crippen molar-refractivity contribution >= 4 is 16.3 Å². The van der Waals surface area contributed by atoms with Gasteiger partial charge < -0.3 is 0 Å². The number of hydrogen-bond acceptors (Lipinski definition) is 5. The van der Waals surface area contributed by atoms with Gasteiger partial charge in [0.15, 0.2) is 4.96 Å². The lowest BCUT2D eigenvalue weighted by atomic mass is 10.2. The van der Waals surface area contributed by atoms with Crippen molar-refractivity contribution in [2.24, 2.45) is 0 Å². The molecule has 4 fully saturated rings. The topological polar surface area (TPSA) is 27.0 Å². The quantitative estimate of drug-likeness (QED) is 0.743. The first-order valence-electron chi connectivity index (χ1n) is 6.71. The van der Waals surface area contributed by atoms with E-state index in [-0.39, 0.29) is 0 Å². The van der Waals surface area contributed by atoms with E-state index in [9.17, 15) is 0 Å². The highest BCUT2D eigenvalue weighted by atomic mass is 32.1. The first kappa shape index (κ1) is 10.8. The van der Waals surface area contributed by atoms with E-state index in [1.807, 2.05) is 0 Å². The maximum atomic E-state index is 4.76. The Hall–Kier alpha value is -0.990. The maximum absolute atomic E-state index is 4.76. The van der Waals surface area contributed by atoms with Crippen molar-refractivity contribution in [3.8, 4) is 0 Å². The Morgan fingerprint density at radius 3 is 2.42 bits per heavy atom. The normalized spacial score (nSPS) is 40.3. The van der Waals surface area contributed by atoms with Crippen molar-refractivity contribution in [1.82, 2.24) is 24.1 Å². The van der Waals surface area contributed by atoms with Crippen molar-refractivity contribution < 1.29 is 4.48 Å². The van der Waals surface area contributed by atoms with Gasteiger partial charge in [-0.3, -0.25) is 8.88 Å². The van der Waals surface area contributed by atoms with Crippen LogP contribution in [0.25, 0.3) is 4.96 Å². The van der Waals surface area contributed by atoms with Crippen LogP contribution in [0.3, 0.4) is 0 Å². The molecule has 4 aliphatic heterocycles. The van der Waals surface area contributed by atoms with Gasteiger partial charge in [0.25, 0.3) is 0 Å². The lowest BCUT2D eigenvalue weighted by Gasteiger charge is -2.60. The fraction of sp³-hybridized carbons (Fsp3) is 0.583. The predicted molar refractivity (Wildman–Crippen MR) is 71.8 cm³/mol. The molecule has 0 radical (unpaired) electrons. The molecule has 0 aromatic carbocycles. The average molecular weight is 277 g/mol. The summed E-state index contributed by atoms with van der Waals surface area (Å²) in [6.07, 6.45) is 4.29. The van der Waals surface area contributed by atoms with Crippen molar-refractivity contribution in [2.75, 3.05) is 40.0 Å². The Bertz CT molecular complexity index is 567. The Morgan fingerprint density at radius 2 is 1.79 bits per heavy atom. The summed E-state index contributed by atoms with van der Waals surface area (Å²) in [5, 5.41) is 2.09. The Kier molecular flexibility index (Phi) is 2.01. The fourth-order valence-electron chi connectivity index (χ4n) is 4.00. The van der Waals surface area contributed by atoms with E-state index in [4.69, 9.17) is 4.98 Å². The molecule has 4 bridgehead atoms. The molecule has 4 saturated heterocycles. The lowest BCUT2D eigenvalue weighted by Crippen LogP contribution is -2.78. The van der Waals surface area contributed by atoms with Gasteiger partial charge in [-0.2, -0.15) is 0 Å². The van der Waals surface area contributed by atoms with Crippen LogP contribution in [0.15, 0.2) is 17.8 Å². The third-order valence-corrected chi connectivity index (χ3v) is 5.11. The van der Waals surface area contributed by atoms with Crippen LogP contribution in [0.1, 0.15) is 5.69 Å². The molecule has 0 N–H and O–H groups in total. The zero-order valence-corrected chi connectivity index (χ0v) is 11.6. The number of rotatable bonds is 2. The molecule has 2 aromatic rings. The van der Waals surface area contributed by atoms with Crippen molar-refractivity contribution in [2.45, 2.75) is 6.54 Å². The molecule has 0 unspecified atom stereocenters. The number of fused-ring (bicyclic) bond motifs is 1. The van der Waals surface area contributed by atoms with Crippen molar-refractivity contribution in [1.29, 1.82) is 0 Å². The molecule has 4 aliphatic rings. The third-order valence-electron chi connectivity index (χ3n) is 4.34. The predicted octanol–water partition coefficient (Wildman–Crippen LogP) is 0.404. The summed E-state index contributed by atoms with van der Waals surface area (Å²) >= 11 is 1.71. The lowest BCUT2D eigenvalue weighted by molar-refractivity contribution is -0.991. The molecule has 0 saturated carbocycles. The zero-order chi connectivity index (χ0) is 12.4. The number of thiazole rings is 1. The summed E-state index contributed by atoms with van der Waals surface area (Å²) in [4.78, 5) is 13.5. The highest BCUT2D eigenvalue weighted by Crippen LogP contribution is 2.30. The van der Waals surface area contributed by atoms with Gasteiger partial charge in [0.2, 0.25) is 0 Å². The van der Waals surface area contributed by atoms with Crippen LogP contribution in [0, 0.1) is 0 Å². The summed E-state index contributed by atoms with van der Waals surface area (Å²) in [5.41, 5.74) is 1.23. The maximum Gasteiger partial charge on any atom is 0.194 e. The first-order chi connectivity index (χ1) is 9.28. The molecule has 0 aliphatic carbocycles. The molecular formula is C12H17N6S+. The van der Waals surface area contributed by atoms with E-state index in [0.717, 1.165) is 36.0 Å². The second-order valence-electron chi connectivity index (χ2n) is 6.19. The van der Waals surface area contributed by atoms with E-state index in [2.05, 4.69) is 36.9 Å². The van der Waals surface area contributed by atoms with Crippen LogP contribution < -0.4 is 0 Å². The summed E-state index contributed by atoms with van der Waals surface area (Å²) < 4.78 is 3.27. The SMILES string of the molecule is c1cn2cc(C[N+]34CN5CN(CN(C5)C3)C4)nc2s1. The molecule has 2 aromatic heterocycles. The highest BCUT2D eigenvalue weighted by Gasteiger charge is 2.48. The van der Waals surface area contributed by atoms with Gasteiger partial charge in [-0.05, 0) is 0 Å². The molecule has 0 atom stereocenters.